The number of aromatic nitrogens is 1. The van der Waals surface area contributed by atoms with Gasteiger partial charge in [0.1, 0.15) is 0 Å². The van der Waals surface area contributed by atoms with Crippen LogP contribution >= 0.6 is 0 Å². The molecule has 22 heavy (non-hydrogen) atoms. The Morgan fingerprint density at radius 2 is 1.73 bits per heavy atom. The Bertz CT molecular complexity index is 776. The maximum absolute atomic E-state index is 12.6. The molecule has 1 N–H and O–H groups in total. The van der Waals surface area contributed by atoms with Crippen LogP contribution in [0, 0.1) is 5.92 Å². The van der Waals surface area contributed by atoms with Crippen LogP contribution in [0.15, 0.2) is 23.1 Å². The van der Waals surface area contributed by atoms with Gasteiger partial charge in [-0.3, -0.25) is 4.79 Å². The number of fused-ring (bicyclic) bond motifs is 1. The van der Waals surface area contributed by atoms with E-state index in [0.717, 1.165) is 0 Å². The number of ether oxygens (including phenoxy) is 2. The molecule has 0 saturated heterocycles. The van der Waals surface area contributed by atoms with Crippen molar-refractivity contribution >= 4 is 16.7 Å². The molecule has 6 nitrogen and oxygen atoms in total. The smallest absolute Gasteiger partial charge is 0.337 e. The first-order valence-corrected chi connectivity index (χ1v) is 6.91. The van der Waals surface area contributed by atoms with Crippen LogP contribution in [0.1, 0.15) is 24.2 Å². The van der Waals surface area contributed by atoms with E-state index in [4.69, 9.17) is 9.47 Å². The number of methoxy groups -OCH3 is 2. The largest absolute Gasteiger partial charge is 0.493 e. The van der Waals surface area contributed by atoms with Gasteiger partial charge in [-0.15, -0.1) is 0 Å². The molecule has 2 aromatic rings. The van der Waals surface area contributed by atoms with E-state index in [1.807, 2.05) is 13.8 Å². The van der Waals surface area contributed by atoms with Crippen LogP contribution in [0.2, 0.25) is 0 Å². The molecule has 6 heteroatoms. The maximum Gasteiger partial charge on any atom is 0.337 e. The van der Waals surface area contributed by atoms with E-state index in [0.29, 0.717) is 28.8 Å². The number of hydrogen-bond acceptors (Lipinski definition) is 4. The molecule has 1 aromatic heterocycles. The number of carbonyl (C=O) groups is 1. The van der Waals surface area contributed by atoms with Gasteiger partial charge in [-0.05, 0) is 18.1 Å². The second kappa shape index (κ2) is 6.09. The third-order valence-corrected chi connectivity index (χ3v) is 3.38. The Kier molecular flexibility index (Phi) is 4.40. The minimum absolute atomic E-state index is 0.0659. The molecule has 0 fully saturated rings. The van der Waals surface area contributed by atoms with Crippen LogP contribution < -0.4 is 15.0 Å². The summed E-state index contributed by atoms with van der Waals surface area (Å²) in [5, 5.41) is 10.1. The lowest BCUT2D eigenvalue weighted by atomic mass is 10.1. The fourth-order valence-electron chi connectivity index (χ4n) is 2.42. The lowest BCUT2D eigenvalue weighted by Crippen LogP contribution is -2.24. The average Bonchev–Trinajstić information content (AvgIpc) is 2.48. The van der Waals surface area contributed by atoms with Gasteiger partial charge in [-0.1, -0.05) is 13.8 Å². The first-order valence-electron chi connectivity index (χ1n) is 6.91. The van der Waals surface area contributed by atoms with Crippen molar-refractivity contribution in [2.75, 3.05) is 14.2 Å². The number of carboxylic acid groups (broad SMARTS) is 1. The monoisotopic (exact) mass is 305 g/mol. The highest BCUT2D eigenvalue weighted by atomic mass is 16.5. The Balaban J connectivity index is 2.87. The highest BCUT2D eigenvalue weighted by molar-refractivity contribution is 6.04. The van der Waals surface area contributed by atoms with Crippen LogP contribution in [0.3, 0.4) is 0 Å². The fraction of sp³-hybridized carbons (Fsp3) is 0.375. The van der Waals surface area contributed by atoms with Crippen molar-refractivity contribution < 1.29 is 19.4 Å². The Morgan fingerprint density at radius 1 is 1.18 bits per heavy atom. The summed E-state index contributed by atoms with van der Waals surface area (Å²) in [6.07, 6.45) is 1.39. The minimum Gasteiger partial charge on any atom is -0.493 e. The highest BCUT2D eigenvalue weighted by Gasteiger charge is 2.18. The summed E-state index contributed by atoms with van der Waals surface area (Å²) in [5.74, 6) is -0.0871. The average molecular weight is 305 g/mol. The van der Waals surface area contributed by atoms with Crippen LogP contribution in [0.5, 0.6) is 11.5 Å². The molecule has 1 aromatic carbocycles. The summed E-state index contributed by atoms with van der Waals surface area (Å²) in [6, 6.07) is 3.05. The summed E-state index contributed by atoms with van der Waals surface area (Å²) in [6.45, 7) is 4.38. The molecule has 0 spiro atoms. The van der Waals surface area contributed by atoms with Gasteiger partial charge in [-0.2, -0.15) is 0 Å². The standard InChI is InChI=1S/C16H19NO5/c1-9(2)7-17-8-12(16(19)20)10-5-13(21-3)14(22-4)6-11(10)15(17)18/h5-6,8-9H,7H2,1-4H3,(H,19,20). The number of hydrogen-bond donors (Lipinski definition) is 1. The second-order valence-corrected chi connectivity index (χ2v) is 5.45. The molecule has 2 rings (SSSR count). The van der Waals surface area contributed by atoms with Crippen molar-refractivity contribution in [3.63, 3.8) is 0 Å². The molecule has 0 atom stereocenters. The van der Waals surface area contributed by atoms with Crippen LogP contribution in [-0.4, -0.2) is 29.9 Å². The number of pyridine rings is 1. The highest BCUT2D eigenvalue weighted by Crippen LogP contribution is 2.32. The first kappa shape index (κ1) is 15.9. The predicted octanol–water partition coefficient (Wildman–Crippen LogP) is 2.37. The molecule has 0 aliphatic heterocycles. The normalized spacial score (nSPS) is 11.0. The zero-order chi connectivity index (χ0) is 16.4. The van der Waals surface area contributed by atoms with Crippen LogP contribution in [0.4, 0.5) is 0 Å². The molecular weight excluding hydrogens is 286 g/mol. The number of rotatable bonds is 5. The maximum atomic E-state index is 12.6. The van der Waals surface area contributed by atoms with E-state index >= 15 is 0 Å². The van der Waals surface area contributed by atoms with Gasteiger partial charge in [0.25, 0.3) is 5.56 Å². The van der Waals surface area contributed by atoms with Gasteiger partial charge >= 0.3 is 5.97 Å². The van der Waals surface area contributed by atoms with Gasteiger partial charge in [0, 0.05) is 18.1 Å². The fourth-order valence-corrected chi connectivity index (χ4v) is 2.42. The molecule has 0 radical (unpaired) electrons. The van der Waals surface area contributed by atoms with Gasteiger partial charge in [0.15, 0.2) is 11.5 Å². The lowest BCUT2D eigenvalue weighted by molar-refractivity contribution is 0.0698. The molecule has 0 saturated carbocycles. The summed E-state index contributed by atoms with van der Waals surface area (Å²) in [5.41, 5.74) is -0.175. The van der Waals surface area contributed by atoms with Crippen molar-refractivity contribution in [2.45, 2.75) is 20.4 Å². The predicted molar refractivity (Wildman–Crippen MR) is 83.1 cm³/mol. The molecular formula is C16H19NO5. The van der Waals surface area contributed by atoms with Crippen molar-refractivity contribution in [2.24, 2.45) is 5.92 Å². The number of aromatic carboxylic acids is 1. The molecule has 1 heterocycles. The third-order valence-electron chi connectivity index (χ3n) is 3.38. The minimum atomic E-state index is -1.09. The van der Waals surface area contributed by atoms with E-state index in [1.165, 1.54) is 37.1 Å². The van der Waals surface area contributed by atoms with Gasteiger partial charge in [-0.25, -0.2) is 4.79 Å². The van der Waals surface area contributed by atoms with Crippen molar-refractivity contribution in [3.8, 4) is 11.5 Å². The Hall–Kier alpha value is -2.50. The topological polar surface area (TPSA) is 77.8 Å². The van der Waals surface area contributed by atoms with Gasteiger partial charge in [0.2, 0.25) is 0 Å². The molecule has 0 aliphatic carbocycles. The summed E-state index contributed by atoms with van der Waals surface area (Å²) < 4.78 is 11.8. The summed E-state index contributed by atoms with van der Waals surface area (Å²) in [4.78, 5) is 24.1. The zero-order valence-corrected chi connectivity index (χ0v) is 13.0. The molecule has 0 unspecified atom stereocenters. The molecule has 0 amide bonds. The Labute approximate surface area is 127 Å². The van der Waals surface area contributed by atoms with E-state index in [2.05, 4.69) is 0 Å². The van der Waals surface area contributed by atoms with E-state index in [-0.39, 0.29) is 17.0 Å². The van der Waals surface area contributed by atoms with Gasteiger partial charge < -0.3 is 19.1 Å². The van der Waals surface area contributed by atoms with Crippen molar-refractivity contribution in [1.29, 1.82) is 0 Å². The lowest BCUT2D eigenvalue weighted by Gasteiger charge is -2.14. The quantitative estimate of drug-likeness (QED) is 0.917. The summed E-state index contributed by atoms with van der Waals surface area (Å²) >= 11 is 0. The number of nitrogens with zero attached hydrogens (tertiary/aromatic N) is 1. The summed E-state index contributed by atoms with van der Waals surface area (Å²) in [7, 11) is 2.93. The second-order valence-electron chi connectivity index (χ2n) is 5.45. The zero-order valence-electron chi connectivity index (χ0n) is 13.0. The van der Waals surface area contributed by atoms with E-state index in [1.54, 1.807) is 0 Å². The van der Waals surface area contributed by atoms with Crippen LogP contribution in [0.25, 0.3) is 10.8 Å². The number of benzene rings is 1. The Morgan fingerprint density at radius 3 is 2.18 bits per heavy atom. The van der Waals surface area contributed by atoms with Crippen molar-refractivity contribution in [1.82, 2.24) is 4.57 Å². The molecule has 0 aliphatic rings. The third kappa shape index (κ3) is 2.77. The molecule has 0 bridgehead atoms. The van der Waals surface area contributed by atoms with E-state index < -0.39 is 5.97 Å². The number of carboxylic acids is 1. The SMILES string of the molecule is COc1cc2c(C(=O)O)cn(CC(C)C)c(=O)c2cc1OC. The molecule has 118 valence electrons. The first-order chi connectivity index (χ1) is 10.4. The van der Waals surface area contributed by atoms with E-state index in [9.17, 15) is 14.7 Å². The van der Waals surface area contributed by atoms with Crippen molar-refractivity contribution in [3.05, 3.63) is 34.2 Å². The van der Waals surface area contributed by atoms with Gasteiger partial charge in [0.05, 0.1) is 25.2 Å². The van der Waals surface area contributed by atoms with Crippen LogP contribution in [-0.2, 0) is 6.54 Å².